The molecule has 0 bridgehead atoms. The van der Waals surface area contributed by atoms with Crippen molar-refractivity contribution in [2.75, 3.05) is 11.9 Å². The zero-order valence-corrected chi connectivity index (χ0v) is 15.3. The van der Waals surface area contributed by atoms with Gasteiger partial charge in [0.1, 0.15) is 5.82 Å². The molecule has 3 rings (SSSR count). The SMILES string of the molecule is Cc1cnn(CCCNC(=S)Nc2ccn(Cc3ccccc3F)n2)c1. The fraction of sp³-hybridized carbons (Fsp3) is 0.278. The average molecular weight is 372 g/mol. The lowest BCUT2D eigenvalue weighted by Crippen LogP contribution is -2.30. The summed E-state index contributed by atoms with van der Waals surface area (Å²) in [6.07, 6.45) is 6.55. The maximum atomic E-state index is 13.7. The summed E-state index contributed by atoms with van der Waals surface area (Å²) in [6.45, 7) is 3.96. The van der Waals surface area contributed by atoms with E-state index in [0.29, 0.717) is 23.0 Å². The largest absolute Gasteiger partial charge is 0.362 e. The average Bonchev–Trinajstić information content (AvgIpc) is 3.23. The fourth-order valence-electron chi connectivity index (χ4n) is 2.51. The maximum absolute atomic E-state index is 13.7. The van der Waals surface area contributed by atoms with Gasteiger partial charge in [-0.3, -0.25) is 9.36 Å². The number of thiocarbonyl (C=S) groups is 1. The Morgan fingerprint density at radius 2 is 2.08 bits per heavy atom. The van der Waals surface area contributed by atoms with E-state index in [0.717, 1.165) is 25.1 Å². The van der Waals surface area contributed by atoms with Gasteiger partial charge in [0.15, 0.2) is 10.9 Å². The number of benzene rings is 1. The van der Waals surface area contributed by atoms with Crippen LogP contribution in [-0.4, -0.2) is 31.2 Å². The van der Waals surface area contributed by atoms with Gasteiger partial charge in [0, 0.05) is 37.1 Å². The molecular formula is C18H21FN6S. The molecule has 0 radical (unpaired) electrons. The monoisotopic (exact) mass is 372 g/mol. The van der Waals surface area contributed by atoms with Crippen LogP contribution in [0.5, 0.6) is 0 Å². The summed E-state index contributed by atoms with van der Waals surface area (Å²) in [5, 5.41) is 15.3. The smallest absolute Gasteiger partial charge is 0.171 e. The molecule has 0 saturated heterocycles. The molecule has 3 aromatic rings. The van der Waals surface area contributed by atoms with Crippen molar-refractivity contribution in [2.24, 2.45) is 0 Å². The van der Waals surface area contributed by atoms with Crippen molar-refractivity contribution >= 4 is 23.1 Å². The number of aromatic nitrogens is 4. The van der Waals surface area contributed by atoms with Gasteiger partial charge in [-0.2, -0.15) is 10.2 Å². The van der Waals surface area contributed by atoms with E-state index in [1.807, 2.05) is 30.1 Å². The number of halogens is 1. The second kappa shape index (κ2) is 8.57. The van der Waals surface area contributed by atoms with Crippen LogP contribution >= 0.6 is 12.2 Å². The van der Waals surface area contributed by atoms with Gasteiger partial charge in [0.2, 0.25) is 0 Å². The fourth-order valence-corrected chi connectivity index (χ4v) is 2.72. The number of aryl methyl sites for hydroxylation is 2. The summed E-state index contributed by atoms with van der Waals surface area (Å²) >= 11 is 5.28. The van der Waals surface area contributed by atoms with Gasteiger partial charge in [-0.1, -0.05) is 18.2 Å². The zero-order valence-electron chi connectivity index (χ0n) is 14.5. The zero-order chi connectivity index (χ0) is 18.4. The van der Waals surface area contributed by atoms with Crippen LogP contribution in [0, 0.1) is 12.7 Å². The van der Waals surface area contributed by atoms with Crippen molar-refractivity contribution in [2.45, 2.75) is 26.4 Å². The molecule has 0 spiro atoms. The second-order valence-electron chi connectivity index (χ2n) is 6.01. The first-order valence-corrected chi connectivity index (χ1v) is 8.82. The van der Waals surface area contributed by atoms with Crippen LogP contribution in [0.3, 0.4) is 0 Å². The van der Waals surface area contributed by atoms with Crippen LogP contribution in [0.1, 0.15) is 17.5 Å². The minimum Gasteiger partial charge on any atom is -0.362 e. The Morgan fingerprint density at radius 3 is 2.85 bits per heavy atom. The Labute approximate surface area is 157 Å². The lowest BCUT2D eigenvalue weighted by atomic mass is 10.2. The minimum atomic E-state index is -0.234. The van der Waals surface area contributed by atoms with Crippen LogP contribution in [0.25, 0.3) is 0 Å². The molecular weight excluding hydrogens is 351 g/mol. The van der Waals surface area contributed by atoms with Crippen LogP contribution in [0.4, 0.5) is 10.2 Å². The van der Waals surface area contributed by atoms with Crippen molar-refractivity contribution in [3.8, 4) is 0 Å². The van der Waals surface area contributed by atoms with Crippen LogP contribution < -0.4 is 10.6 Å². The molecule has 0 saturated carbocycles. The standard InChI is InChI=1S/C18H21FN6S/c1-14-11-21-24(12-14)9-4-8-20-18(26)22-17-7-10-25(23-17)13-15-5-2-3-6-16(15)19/h2-3,5-7,10-12H,4,8-9,13H2,1H3,(H2,20,22,23,26). The van der Waals surface area contributed by atoms with E-state index >= 15 is 0 Å². The molecule has 0 atom stereocenters. The topological polar surface area (TPSA) is 59.7 Å². The van der Waals surface area contributed by atoms with Crippen LogP contribution in [0.15, 0.2) is 48.9 Å². The summed E-state index contributed by atoms with van der Waals surface area (Å²) in [5.74, 6) is 0.392. The number of hydrogen-bond acceptors (Lipinski definition) is 3. The van der Waals surface area contributed by atoms with Gasteiger partial charge in [-0.05, 0) is 37.2 Å². The first kappa shape index (κ1) is 18.1. The van der Waals surface area contributed by atoms with Gasteiger partial charge < -0.3 is 10.6 Å². The van der Waals surface area contributed by atoms with E-state index in [9.17, 15) is 4.39 Å². The number of anilines is 1. The van der Waals surface area contributed by atoms with Crippen molar-refractivity contribution < 1.29 is 4.39 Å². The maximum Gasteiger partial charge on any atom is 0.171 e. The Morgan fingerprint density at radius 1 is 1.23 bits per heavy atom. The highest BCUT2D eigenvalue weighted by molar-refractivity contribution is 7.80. The normalized spacial score (nSPS) is 10.7. The van der Waals surface area contributed by atoms with Gasteiger partial charge in [-0.15, -0.1) is 0 Å². The Bertz CT molecular complexity index is 872. The highest BCUT2D eigenvalue weighted by atomic mass is 32.1. The first-order valence-electron chi connectivity index (χ1n) is 8.41. The molecule has 8 heteroatoms. The summed E-state index contributed by atoms with van der Waals surface area (Å²) in [7, 11) is 0. The number of nitrogens with zero attached hydrogens (tertiary/aromatic N) is 4. The lowest BCUT2D eigenvalue weighted by molar-refractivity contribution is 0.573. The minimum absolute atomic E-state index is 0.234. The van der Waals surface area contributed by atoms with Crippen molar-refractivity contribution in [1.82, 2.24) is 24.9 Å². The predicted molar refractivity (Wildman–Crippen MR) is 104 cm³/mol. The third kappa shape index (κ3) is 5.13. The summed E-state index contributed by atoms with van der Waals surface area (Å²) < 4.78 is 17.3. The van der Waals surface area contributed by atoms with Crippen LogP contribution in [-0.2, 0) is 13.1 Å². The molecule has 2 aromatic heterocycles. The summed E-state index contributed by atoms with van der Waals surface area (Å²) in [4.78, 5) is 0. The summed E-state index contributed by atoms with van der Waals surface area (Å²) in [6, 6.07) is 8.48. The molecule has 1 aromatic carbocycles. The molecule has 0 aliphatic heterocycles. The molecule has 0 unspecified atom stereocenters. The second-order valence-corrected chi connectivity index (χ2v) is 6.41. The predicted octanol–water partition coefficient (Wildman–Crippen LogP) is 2.95. The van der Waals surface area contributed by atoms with Gasteiger partial charge in [0.25, 0.3) is 0 Å². The van der Waals surface area contributed by atoms with Crippen LogP contribution in [0.2, 0.25) is 0 Å². The van der Waals surface area contributed by atoms with E-state index in [1.165, 1.54) is 6.07 Å². The van der Waals surface area contributed by atoms with Crippen molar-refractivity contribution in [3.63, 3.8) is 0 Å². The van der Waals surface area contributed by atoms with Gasteiger partial charge in [0.05, 0.1) is 12.7 Å². The van der Waals surface area contributed by atoms with E-state index < -0.39 is 0 Å². The molecule has 0 aliphatic carbocycles. The lowest BCUT2D eigenvalue weighted by Gasteiger charge is -2.08. The quantitative estimate of drug-likeness (QED) is 0.493. The molecule has 0 fully saturated rings. The molecule has 0 amide bonds. The third-order valence-corrected chi connectivity index (χ3v) is 4.03. The Kier molecular flexibility index (Phi) is 5.96. The van der Waals surface area contributed by atoms with Gasteiger partial charge in [-0.25, -0.2) is 4.39 Å². The molecule has 2 N–H and O–H groups in total. The highest BCUT2D eigenvalue weighted by Crippen LogP contribution is 2.10. The molecule has 2 heterocycles. The third-order valence-electron chi connectivity index (χ3n) is 3.78. The van der Waals surface area contributed by atoms with Gasteiger partial charge >= 0.3 is 0 Å². The number of nitrogens with one attached hydrogen (secondary N) is 2. The highest BCUT2D eigenvalue weighted by Gasteiger charge is 2.05. The molecule has 26 heavy (non-hydrogen) atoms. The molecule has 136 valence electrons. The first-order chi connectivity index (χ1) is 12.6. The summed E-state index contributed by atoms with van der Waals surface area (Å²) in [5.41, 5.74) is 1.75. The van der Waals surface area contributed by atoms with E-state index in [4.69, 9.17) is 12.2 Å². The van der Waals surface area contributed by atoms with Crippen molar-refractivity contribution in [3.05, 3.63) is 65.9 Å². The Balaban J connectivity index is 1.42. The molecule has 6 nitrogen and oxygen atoms in total. The van der Waals surface area contributed by atoms with Crippen molar-refractivity contribution in [1.29, 1.82) is 0 Å². The number of rotatable bonds is 7. The Hall–Kier alpha value is -2.74. The molecule has 0 aliphatic rings. The van der Waals surface area contributed by atoms with E-state index in [1.54, 1.807) is 29.1 Å². The van der Waals surface area contributed by atoms with E-state index in [2.05, 4.69) is 20.8 Å². The number of hydrogen-bond donors (Lipinski definition) is 2. The van der Waals surface area contributed by atoms with E-state index in [-0.39, 0.29) is 5.82 Å².